The van der Waals surface area contributed by atoms with Gasteiger partial charge >= 0.3 is 0 Å². The molecular weight excluding hydrogens is 384 g/mol. The van der Waals surface area contributed by atoms with Gasteiger partial charge in [0.15, 0.2) is 5.16 Å². The summed E-state index contributed by atoms with van der Waals surface area (Å²) in [6.45, 7) is 4.03. The molecule has 3 rings (SSSR count). The summed E-state index contributed by atoms with van der Waals surface area (Å²) < 4.78 is 1.70. The molecule has 29 heavy (non-hydrogen) atoms. The van der Waals surface area contributed by atoms with Crippen molar-refractivity contribution >= 4 is 39.9 Å². The first-order valence-electron chi connectivity index (χ1n) is 9.62. The van der Waals surface area contributed by atoms with Crippen LogP contribution in [0, 0.1) is 0 Å². The molecule has 0 saturated heterocycles. The molecule has 1 amide bonds. The molecule has 0 bridgehead atoms. The van der Waals surface area contributed by atoms with Crippen LogP contribution in [0.5, 0.6) is 0 Å². The Bertz CT molecular complexity index is 1060. The Morgan fingerprint density at radius 3 is 2.52 bits per heavy atom. The highest BCUT2D eigenvalue weighted by atomic mass is 32.2. The van der Waals surface area contributed by atoms with Crippen LogP contribution in [-0.4, -0.2) is 35.3 Å². The Labute approximate surface area is 174 Å². The van der Waals surface area contributed by atoms with E-state index in [0.29, 0.717) is 16.1 Å². The summed E-state index contributed by atoms with van der Waals surface area (Å²) in [5, 5.41) is 4.07. The van der Waals surface area contributed by atoms with E-state index in [2.05, 4.69) is 10.3 Å². The number of hydrogen-bond acceptors (Lipinski definition) is 5. The highest BCUT2D eigenvalue weighted by Crippen LogP contribution is 2.23. The number of fused-ring (bicyclic) bond motifs is 1. The van der Waals surface area contributed by atoms with Crippen molar-refractivity contribution in [2.24, 2.45) is 0 Å². The van der Waals surface area contributed by atoms with Crippen molar-refractivity contribution in [2.45, 2.75) is 31.5 Å². The van der Waals surface area contributed by atoms with Gasteiger partial charge in [-0.25, -0.2) is 4.98 Å². The zero-order valence-corrected chi connectivity index (χ0v) is 18.0. The summed E-state index contributed by atoms with van der Waals surface area (Å²) in [6.07, 6.45) is 0.803. The molecule has 0 spiro atoms. The van der Waals surface area contributed by atoms with Crippen LogP contribution in [0.2, 0.25) is 0 Å². The Morgan fingerprint density at radius 2 is 1.86 bits per heavy atom. The number of anilines is 2. The first kappa shape index (κ1) is 20.9. The van der Waals surface area contributed by atoms with E-state index < -0.39 is 0 Å². The molecule has 0 saturated carbocycles. The van der Waals surface area contributed by atoms with Crippen molar-refractivity contribution < 1.29 is 4.79 Å². The van der Waals surface area contributed by atoms with Crippen molar-refractivity contribution in [1.29, 1.82) is 0 Å². The van der Waals surface area contributed by atoms with Crippen LogP contribution in [0.15, 0.2) is 58.5 Å². The molecule has 1 heterocycles. The number of carbonyl (C=O) groups excluding carboxylic acids is 1. The molecule has 0 radical (unpaired) electrons. The van der Waals surface area contributed by atoms with Gasteiger partial charge in [0, 0.05) is 31.5 Å². The molecule has 152 valence electrons. The van der Waals surface area contributed by atoms with Crippen molar-refractivity contribution in [2.75, 3.05) is 30.1 Å². The summed E-state index contributed by atoms with van der Waals surface area (Å²) in [5.41, 5.74) is 2.40. The van der Waals surface area contributed by atoms with Crippen LogP contribution < -0.4 is 15.8 Å². The molecule has 7 heteroatoms. The third-order valence-corrected chi connectivity index (χ3v) is 5.76. The summed E-state index contributed by atoms with van der Waals surface area (Å²) >= 11 is 1.29. The average molecular weight is 411 g/mol. The average Bonchev–Trinajstić information content (AvgIpc) is 2.72. The molecule has 0 aliphatic heterocycles. The zero-order chi connectivity index (χ0) is 21.0. The Hall–Kier alpha value is -2.80. The fourth-order valence-corrected chi connectivity index (χ4v) is 3.87. The standard InChI is InChI=1S/C22H26N4O2S/c1-5-15(2)26-21(28)18-8-6-7-9-19(18)24-22(26)29-14-20(27)23-16-10-12-17(13-11-16)25(3)4/h6-13,15H,5,14H2,1-4H3,(H,23,27)/t15-/m1/s1. The SMILES string of the molecule is CC[C@@H](C)n1c(SCC(=O)Nc2ccc(N(C)C)cc2)nc2ccccc2c1=O. The monoisotopic (exact) mass is 410 g/mol. The maximum absolute atomic E-state index is 13.0. The van der Waals surface area contributed by atoms with Crippen molar-refractivity contribution in [3.63, 3.8) is 0 Å². The summed E-state index contributed by atoms with van der Waals surface area (Å²) in [6, 6.07) is 15.0. The molecule has 2 aromatic carbocycles. The quantitative estimate of drug-likeness (QED) is 0.468. The van der Waals surface area contributed by atoms with Gasteiger partial charge in [0.25, 0.3) is 5.56 Å². The molecule has 0 aliphatic carbocycles. The Kier molecular flexibility index (Phi) is 6.59. The largest absolute Gasteiger partial charge is 0.378 e. The number of amides is 1. The number of benzene rings is 2. The van der Waals surface area contributed by atoms with Gasteiger partial charge in [-0.05, 0) is 49.7 Å². The lowest BCUT2D eigenvalue weighted by Gasteiger charge is -2.18. The van der Waals surface area contributed by atoms with Gasteiger partial charge < -0.3 is 10.2 Å². The van der Waals surface area contributed by atoms with Gasteiger partial charge in [0.05, 0.1) is 16.7 Å². The van der Waals surface area contributed by atoms with Crippen LogP contribution in [0.25, 0.3) is 10.9 Å². The predicted molar refractivity (Wildman–Crippen MR) is 121 cm³/mol. The summed E-state index contributed by atoms with van der Waals surface area (Å²) in [7, 11) is 3.94. The van der Waals surface area contributed by atoms with E-state index in [1.165, 1.54) is 11.8 Å². The smallest absolute Gasteiger partial charge is 0.262 e. The zero-order valence-electron chi connectivity index (χ0n) is 17.2. The van der Waals surface area contributed by atoms with Gasteiger partial charge in [-0.3, -0.25) is 14.2 Å². The summed E-state index contributed by atoms with van der Waals surface area (Å²) in [4.78, 5) is 32.1. The molecule has 0 unspecified atom stereocenters. The number of carbonyl (C=O) groups is 1. The van der Waals surface area contributed by atoms with Crippen molar-refractivity contribution in [1.82, 2.24) is 9.55 Å². The van der Waals surface area contributed by atoms with E-state index in [1.807, 2.05) is 75.3 Å². The summed E-state index contributed by atoms with van der Waals surface area (Å²) in [5.74, 6) is 0.0436. The first-order valence-corrected chi connectivity index (χ1v) is 10.6. The highest BCUT2D eigenvalue weighted by Gasteiger charge is 2.16. The topological polar surface area (TPSA) is 67.2 Å². The Morgan fingerprint density at radius 1 is 1.17 bits per heavy atom. The normalized spacial score (nSPS) is 12.0. The molecule has 0 fully saturated rings. The molecule has 1 atom stereocenters. The van der Waals surface area contributed by atoms with Gasteiger partial charge in [-0.2, -0.15) is 0 Å². The third kappa shape index (κ3) is 4.79. The van der Waals surface area contributed by atoms with E-state index in [4.69, 9.17) is 0 Å². The molecule has 1 N–H and O–H groups in total. The highest BCUT2D eigenvalue weighted by molar-refractivity contribution is 7.99. The van der Waals surface area contributed by atoms with E-state index >= 15 is 0 Å². The van der Waals surface area contributed by atoms with E-state index in [-0.39, 0.29) is 23.3 Å². The molecule has 3 aromatic rings. The van der Waals surface area contributed by atoms with Crippen LogP contribution in [0.4, 0.5) is 11.4 Å². The van der Waals surface area contributed by atoms with Crippen LogP contribution >= 0.6 is 11.8 Å². The predicted octanol–water partition coefficient (Wildman–Crippen LogP) is 4.16. The minimum atomic E-state index is -0.134. The lowest BCUT2D eigenvalue weighted by molar-refractivity contribution is -0.113. The number of hydrogen-bond donors (Lipinski definition) is 1. The maximum atomic E-state index is 13.0. The van der Waals surface area contributed by atoms with Crippen LogP contribution in [0.3, 0.4) is 0 Å². The van der Waals surface area contributed by atoms with Gasteiger partial charge in [0.2, 0.25) is 5.91 Å². The van der Waals surface area contributed by atoms with Crippen molar-refractivity contribution in [3.8, 4) is 0 Å². The second kappa shape index (κ2) is 9.13. The number of thioether (sulfide) groups is 1. The number of aromatic nitrogens is 2. The minimum absolute atomic E-state index is 0.00347. The maximum Gasteiger partial charge on any atom is 0.262 e. The second-order valence-electron chi connectivity index (χ2n) is 7.12. The number of para-hydroxylation sites is 1. The molecule has 1 aromatic heterocycles. The van der Waals surface area contributed by atoms with Crippen LogP contribution in [0.1, 0.15) is 26.3 Å². The lowest BCUT2D eigenvalue weighted by Crippen LogP contribution is -2.26. The number of rotatable bonds is 7. The fraction of sp³-hybridized carbons (Fsp3) is 0.318. The lowest BCUT2D eigenvalue weighted by atomic mass is 10.2. The molecule has 6 nitrogen and oxygen atoms in total. The van der Waals surface area contributed by atoms with E-state index in [1.54, 1.807) is 10.6 Å². The molecule has 0 aliphatic rings. The second-order valence-corrected chi connectivity index (χ2v) is 8.06. The number of nitrogens with zero attached hydrogens (tertiary/aromatic N) is 3. The van der Waals surface area contributed by atoms with Gasteiger partial charge in [0.1, 0.15) is 0 Å². The van der Waals surface area contributed by atoms with E-state index in [9.17, 15) is 9.59 Å². The minimum Gasteiger partial charge on any atom is -0.378 e. The Balaban J connectivity index is 1.78. The van der Waals surface area contributed by atoms with Gasteiger partial charge in [-0.15, -0.1) is 0 Å². The van der Waals surface area contributed by atoms with Gasteiger partial charge in [-0.1, -0.05) is 30.8 Å². The third-order valence-electron chi connectivity index (χ3n) is 4.81. The van der Waals surface area contributed by atoms with Crippen LogP contribution in [-0.2, 0) is 4.79 Å². The number of nitrogens with one attached hydrogen (secondary N) is 1. The van der Waals surface area contributed by atoms with Crippen molar-refractivity contribution in [3.05, 3.63) is 58.9 Å². The fourth-order valence-electron chi connectivity index (χ4n) is 2.97. The molecular formula is C22H26N4O2S. The van der Waals surface area contributed by atoms with E-state index in [0.717, 1.165) is 17.8 Å². The first-order chi connectivity index (χ1) is 13.9.